The van der Waals surface area contributed by atoms with E-state index in [9.17, 15) is 9.18 Å². The van der Waals surface area contributed by atoms with Gasteiger partial charge in [-0.25, -0.2) is 4.39 Å². The molecule has 1 aromatic rings. The number of amides is 1. The van der Waals surface area contributed by atoms with E-state index in [1.165, 1.54) is 18.2 Å². The summed E-state index contributed by atoms with van der Waals surface area (Å²) >= 11 is 0. The second-order valence-corrected chi connectivity index (χ2v) is 4.01. The van der Waals surface area contributed by atoms with Crippen molar-refractivity contribution < 1.29 is 9.18 Å². The summed E-state index contributed by atoms with van der Waals surface area (Å²) in [4.78, 5) is 11.7. The fourth-order valence-corrected chi connectivity index (χ4v) is 1.33. The lowest BCUT2D eigenvalue weighted by Gasteiger charge is -2.11. The van der Waals surface area contributed by atoms with E-state index >= 15 is 0 Å². The lowest BCUT2D eigenvalue weighted by Crippen LogP contribution is -2.31. The normalized spacial score (nSPS) is 12.2. The SMILES string of the molecule is Cc1cc(F)ccc1C(=O)NCC(C)CN. The van der Waals surface area contributed by atoms with Gasteiger partial charge in [0, 0.05) is 12.1 Å². The zero-order chi connectivity index (χ0) is 12.1. The number of carbonyl (C=O) groups excluding carboxylic acids is 1. The summed E-state index contributed by atoms with van der Waals surface area (Å²) in [6.07, 6.45) is 0. The van der Waals surface area contributed by atoms with Crippen LogP contribution in [0, 0.1) is 18.7 Å². The topological polar surface area (TPSA) is 55.1 Å². The van der Waals surface area contributed by atoms with Crippen LogP contribution in [0.15, 0.2) is 18.2 Å². The number of carbonyl (C=O) groups is 1. The third-order valence-corrected chi connectivity index (χ3v) is 2.45. The standard InChI is InChI=1S/C12H17FN2O/c1-8(6-14)7-15-12(16)11-4-3-10(13)5-9(11)2/h3-5,8H,6-7,14H2,1-2H3,(H,15,16). The first-order chi connectivity index (χ1) is 7.54. The Morgan fingerprint density at radius 2 is 2.25 bits per heavy atom. The number of aryl methyl sites for hydroxylation is 1. The molecule has 0 radical (unpaired) electrons. The van der Waals surface area contributed by atoms with Gasteiger partial charge in [-0.15, -0.1) is 0 Å². The van der Waals surface area contributed by atoms with Crippen molar-refractivity contribution in [3.8, 4) is 0 Å². The molecule has 0 bridgehead atoms. The first kappa shape index (κ1) is 12.6. The predicted molar refractivity (Wildman–Crippen MR) is 61.7 cm³/mol. The maximum Gasteiger partial charge on any atom is 0.251 e. The van der Waals surface area contributed by atoms with Crippen LogP contribution in [0.4, 0.5) is 4.39 Å². The molecule has 1 rings (SSSR count). The third-order valence-electron chi connectivity index (χ3n) is 2.45. The number of hydrogen-bond donors (Lipinski definition) is 2. The molecule has 1 unspecified atom stereocenters. The minimum Gasteiger partial charge on any atom is -0.352 e. The molecule has 4 heteroatoms. The Kier molecular flexibility index (Phi) is 4.43. The van der Waals surface area contributed by atoms with Gasteiger partial charge in [0.25, 0.3) is 5.91 Å². The summed E-state index contributed by atoms with van der Waals surface area (Å²) in [6, 6.07) is 4.13. The van der Waals surface area contributed by atoms with Crippen LogP contribution in [0.2, 0.25) is 0 Å². The van der Waals surface area contributed by atoms with E-state index in [1.54, 1.807) is 6.92 Å². The molecule has 0 saturated carbocycles. The van der Waals surface area contributed by atoms with Crippen LogP contribution in [-0.2, 0) is 0 Å². The molecule has 0 saturated heterocycles. The summed E-state index contributed by atoms with van der Waals surface area (Å²) in [5.41, 5.74) is 6.59. The van der Waals surface area contributed by atoms with Crippen LogP contribution in [0.3, 0.4) is 0 Å². The summed E-state index contributed by atoms with van der Waals surface area (Å²) in [7, 11) is 0. The van der Waals surface area contributed by atoms with Crippen LogP contribution in [-0.4, -0.2) is 19.0 Å². The van der Waals surface area contributed by atoms with Gasteiger partial charge in [-0.05, 0) is 43.1 Å². The highest BCUT2D eigenvalue weighted by atomic mass is 19.1. The van der Waals surface area contributed by atoms with Gasteiger partial charge in [0.1, 0.15) is 5.82 Å². The van der Waals surface area contributed by atoms with Crippen molar-refractivity contribution in [1.82, 2.24) is 5.32 Å². The maximum absolute atomic E-state index is 12.8. The van der Waals surface area contributed by atoms with E-state index < -0.39 is 0 Å². The molecule has 0 aliphatic heterocycles. The Balaban J connectivity index is 2.66. The van der Waals surface area contributed by atoms with Crippen molar-refractivity contribution in [2.45, 2.75) is 13.8 Å². The van der Waals surface area contributed by atoms with Crippen molar-refractivity contribution in [2.24, 2.45) is 11.7 Å². The minimum absolute atomic E-state index is 0.183. The first-order valence-corrected chi connectivity index (χ1v) is 5.29. The molecule has 1 atom stereocenters. The van der Waals surface area contributed by atoms with Gasteiger partial charge in [0.15, 0.2) is 0 Å². The zero-order valence-corrected chi connectivity index (χ0v) is 9.59. The molecule has 0 aliphatic rings. The smallest absolute Gasteiger partial charge is 0.251 e. The van der Waals surface area contributed by atoms with Crippen molar-refractivity contribution in [2.75, 3.05) is 13.1 Å². The molecule has 0 aromatic heterocycles. The highest BCUT2D eigenvalue weighted by Gasteiger charge is 2.10. The van der Waals surface area contributed by atoms with E-state index in [0.29, 0.717) is 24.2 Å². The van der Waals surface area contributed by atoms with Crippen LogP contribution in [0.5, 0.6) is 0 Å². The van der Waals surface area contributed by atoms with Crippen LogP contribution >= 0.6 is 0 Å². The fourth-order valence-electron chi connectivity index (χ4n) is 1.33. The molecule has 0 spiro atoms. The van der Waals surface area contributed by atoms with Gasteiger partial charge in [-0.2, -0.15) is 0 Å². The van der Waals surface area contributed by atoms with Crippen molar-refractivity contribution in [3.63, 3.8) is 0 Å². The van der Waals surface area contributed by atoms with Crippen molar-refractivity contribution >= 4 is 5.91 Å². The van der Waals surface area contributed by atoms with E-state index in [2.05, 4.69) is 5.32 Å². The molecule has 88 valence electrons. The second-order valence-electron chi connectivity index (χ2n) is 4.01. The summed E-state index contributed by atoms with van der Waals surface area (Å²) in [5.74, 6) is -0.271. The molecule has 16 heavy (non-hydrogen) atoms. The molecule has 3 N–H and O–H groups in total. The summed E-state index contributed by atoms with van der Waals surface area (Å²) in [5, 5.41) is 2.77. The van der Waals surface area contributed by atoms with Gasteiger partial charge < -0.3 is 11.1 Å². The summed E-state index contributed by atoms with van der Waals surface area (Å²) in [6.45, 7) is 4.73. The van der Waals surface area contributed by atoms with E-state index in [4.69, 9.17) is 5.73 Å². The number of halogens is 1. The Labute approximate surface area is 94.8 Å². The Hall–Kier alpha value is -1.42. The molecule has 1 amide bonds. The van der Waals surface area contributed by atoms with Gasteiger partial charge in [0.2, 0.25) is 0 Å². The number of benzene rings is 1. The minimum atomic E-state index is -0.329. The van der Waals surface area contributed by atoms with Gasteiger partial charge in [-0.1, -0.05) is 6.92 Å². The Morgan fingerprint density at radius 1 is 1.56 bits per heavy atom. The highest BCUT2D eigenvalue weighted by molar-refractivity contribution is 5.95. The largest absolute Gasteiger partial charge is 0.352 e. The van der Waals surface area contributed by atoms with E-state index in [0.717, 1.165) is 0 Å². The van der Waals surface area contributed by atoms with Crippen molar-refractivity contribution in [1.29, 1.82) is 0 Å². The predicted octanol–water partition coefficient (Wildman–Crippen LogP) is 1.46. The Bertz CT molecular complexity index is 379. The quantitative estimate of drug-likeness (QED) is 0.813. The second kappa shape index (κ2) is 5.61. The first-order valence-electron chi connectivity index (χ1n) is 5.29. The lowest BCUT2D eigenvalue weighted by molar-refractivity contribution is 0.0948. The lowest BCUT2D eigenvalue weighted by atomic mass is 10.1. The summed E-state index contributed by atoms with van der Waals surface area (Å²) < 4.78 is 12.8. The average Bonchev–Trinajstić information content (AvgIpc) is 2.25. The molecular weight excluding hydrogens is 207 g/mol. The molecule has 0 heterocycles. The molecule has 0 fully saturated rings. The average molecular weight is 224 g/mol. The zero-order valence-electron chi connectivity index (χ0n) is 9.59. The number of rotatable bonds is 4. The van der Waals surface area contributed by atoms with E-state index in [-0.39, 0.29) is 17.6 Å². The van der Waals surface area contributed by atoms with E-state index in [1.807, 2.05) is 6.92 Å². The third kappa shape index (κ3) is 3.31. The van der Waals surface area contributed by atoms with Gasteiger partial charge >= 0.3 is 0 Å². The van der Waals surface area contributed by atoms with Crippen LogP contribution < -0.4 is 11.1 Å². The Morgan fingerprint density at radius 3 is 2.81 bits per heavy atom. The van der Waals surface area contributed by atoms with Crippen molar-refractivity contribution in [3.05, 3.63) is 35.1 Å². The van der Waals surface area contributed by atoms with Crippen LogP contribution in [0.1, 0.15) is 22.8 Å². The fraction of sp³-hybridized carbons (Fsp3) is 0.417. The maximum atomic E-state index is 12.8. The highest BCUT2D eigenvalue weighted by Crippen LogP contribution is 2.09. The molecule has 1 aromatic carbocycles. The monoisotopic (exact) mass is 224 g/mol. The number of nitrogens with one attached hydrogen (secondary N) is 1. The van der Waals surface area contributed by atoms with Gasteiger partial charge in [0.05, 0.1) is 0 Å². The molecule has 3 nitrogen and oxygen atoms in total. The molecule has 0 aliphatic carbocycles. The van der Waals surface area contributed by atoms with Gasteiger partial charge in [-0.3, -0.25) is 4.79 Å². The van der Waals surface area contributed by atoms with Crippen LogP contribution in [0.25, 0.3) is 0 Å². The number of nitrogens with two attached hydrogens (primary N) is 1. The number of hydrogen-bond acceptors (Lipinski definition) is 2. The molecular formula is C12H17FN2O.